The van der Waals surface area contributed by atoms with Gasteiger partial charge in [0.1, 0.15) is 5.75 Å². The Hall–Kier alpha value is -2.30. The third-order valence-electron chi connectivity index (χ3n) is 5.93. The van der Waals surface area contributed by atoms with Crippen LogP contribution in [-0.2, 0) is 0 Å². The molecule has 0 saturated carbocycles. The molecule has 3 heterocycles. The van der Waals surface area contributed by atoms with Gasteiger partial charge in [-0.2, -0.15) is 5.10 Å². The molecular weight excluding hydrogens is 326 g/mol. The van der Waals surface area contributed by atoms with E-state index in [1.807, 2.05) is 23.0 Å². The monoisotopic (exact) mass is 353 g/mol. The number of carbonyl (C=O) groups is 1. The van der Waals surface area contributed by atoms with Gasteiger partial charge in [-0.15, -0.1) is 0 Å². The molecule has 1 unspecified atom stereocenters. The van der Waals surface area contributed by atoms with Crippen LogP contribution in [0.2, 0.25) is 0 Å². The number of aromatic nitrogens is 2. The van der Waals surface area contributed by atoms with E-state index in [9.17, 15) is 4.79 Å². The van der Waals surface area contributed by atoms with Gasteiger partial charge < -0.3 is 9.64 Å². The number of nitrogens with zero attached hydrogens (tertiary/aromatic N) is 3. The van der Waals surface area contributed by atoms with Crippen molar-refractivity contribution in [2.45, 2.75) is 63.6 Å². The number of ether oxygens (including phenoxy) is 1. The van der Waals surface area contributed by atoms with Gasteiger partial charge in [0.15, 0.2) is 0 Å². The first-order chi connectivity index (χ1) is 12.6. The van der Waals surface area contributed by atoms with Gasteiger partial charge >= 0.3 is 0 Å². The van der Waals surface area contributed by atoms with E-state index in [0.29, 0.717) is 18.0 Å². The summed E-state index contributed by atoms with van der Waals surface area (Å²) in [7, 11) is 1.70. The molecule has 0 N–H and O–H groups in total. The number of methoxy groups -OCH3 is 1. The molecule has 2 aliphatic rings. The van der Waals surface area contributed by atoms with Crippen LogP contribution in [0, 0.1) is 0 Å². The zero-order valence-electron chi connectivity index (χ0n) is 15.8. The highest BCUT2D eigenvalue weighted by molar-refractivity contribution is 5.94. The Morgan fingerprint density at radius 1 is 1.15 bits per heavy atom. The summed E-state index contributed by atoms with van der Waals surface area (Å²) < 4.78 is 7.13. The summed E-state index contributed by atoms with van der Waals surface area (Å²) in [6.07, 6.45) is 7.93. The summed E-state index contributed by atoms with van der Waals surface area (Å²) in [4.78, 5) is 15.2. The predicted octanol–water partition coefficient (Wildman–Crippen LogP) is 4.02. The molecule has 1 aromatic carbocycles. The van der Waals surface area contributed by atoms with Gasteiger partial charge in [0.25, 0.3) is 5.91 Å². The van der Waals surface area contributed by atoms with E-state index in [2.05, 4.69) is 36.0 Å². The molecule has 5 nitrogen and oxygen atoms in total. The van der Waals surface area contributed by atoms with Crippen molar-refractivity contribution in [2.24, 2.45) is 0 Å². The SMILES string of the molecule is COc1ccc(C2C[C@H]3CC[C@@H](C2)N3C(=O)c2cnn(C(C)C)c2)cc1. The third-order valence-corrected chi connectivity index (χ3v) is 5.93. The predicted molar refractivity (Wildman–Crippen MR) is 101 cm³/mol. The fraction of sp³-hybridized carbons (Fsp3) is 0.524. The van der Waals surface area contributed by atoms with Crippen molar-refractivity contribution in [3.05, 3.63) is 47.8 Å². The molecule has 4 rings (SSSR count). The van der Waals surface area contributed by atoms with Crippen LogP contribution in [-0.4, -0.2) is 39.8 Å². The molecule has 0 aliphatic carbocycles. The summed E-state index contributed by atoms with van der Waals surface area (Å²) in [6, 6.07) is 9.38. The minimum atomic E-state index is 0.151. The molecule has 1 amide bonds. The summed E-state index contributed by atoms with van der Waals surface area (Å²) in [5.41, 5.74) is 2.08. The lowest BCUT2D eigenvalue weighted by atomic mass is 9.85. The van der Waals surface area contributed by atoms with E-state index in [1.165, 1.54) is 5.56 Å². The largest absolute Gasteiger partial charge is 0.497 e. The first kappa shape index (κ1) is 17.1. The van der Waals surface area contributed by atoms with Crippen molar-refractivity contribution in [1.82, 2.24) is 14.7 Å². The van der Waals surface area contributed by atoms with Crippen molar-refractivity contribution in [3.63, 3.8) is 0 Å². The maximum Gasteiger partial charge on any atom is 0.257 e. The van der Waals surface area contributed by atoms with Crippen LogP contribution in [0.5, 0.6) is 5.75 Å². The zero-order chi connectivity index (χ0) is 18.3. The molecule has 3 atom stereocenters. The summed E-state index contributed by atoms with van der Waals surface area (Å²) in [5, 5.41) is 4.34. The van der Waals surface area contributed by atoms with Crippen LogP contribution >= 0.6 is 0 Å². The maximum atomic E-state index is 13.1. The van der Waals surface area contributed by atoms with Gasteiger partial charge in [-0.1, -0.05) is 12.1 Å². The molecule has 2 fully saturated rings. The summed E-state index contributed by atoms with van der Waals surface area (Å²) >= 11 is 0. The number of piperidine rings is 1. The van der Waals surface area contributed by atoms with Crippen LogP contribution in [0.1, 0.15) is 67.4 Å². The number of fused-ring (bicyclic) bond motifs is 2. The van der Waals surface area contributed by atoms with Crippen LogP contribution < -0.4 is 4.74 Å². The molecule has 1 aromatic heterocycles. The van der Waals surface area contributed by atoms with Crippen LogP contribution in [0.25, 0.3) is 0 Å². The minimum Gasteiger partial charge on any atom is -0.497 e. The molecule has 2 aromatic rings. The lowest BCUT2D eigenvalue weighted by Gasteiger charge is -2.39. The lowest BCUT2D eigenvalue weighted by Crippen LogP contribution is -2.46. The van der Waals surface area contributed by atoms with E-state index in [0.717, 1.165) is 37.0 Å². The molecule has 5 heteroatoms. The molecule has 0 spiro atoms. The number of rotatable bonds is 4. The molecule has 138 valence electrons. The first-order valence-corrected chi connectivity index (χ1v) is 9.57. The topological polar surface area (TPSA) is 47.4 Å². The van der Waals surface area contributed by atoms with E-state index in [1.54, 1.807) is 13.3 Å². The van der Waals surface area contributed by atoms with Crippen LogP contribution in [0.4, 0.5) is 0 Å². The van der Waals surface area contributed by atoms with Gasteiger partial charge in [0.05, 0.1) is 18.9 Å². The standard InChI is InChI=1S/C21H27N3O2/c1-14(2)23-13-17(12-22-23)21(25)24-18-6-7-19(24)11-16(10-18)15-4-8-20(26-3)9-5-15/h4-5,8-9,12-14,16,18-19H,6-7,10-11H2,1-3H3/t16?,18-,19+. The summed E-state index contributed by atoms with van der Waals surface area (Å²) in [5.74, 6) is 1.57. The normalized spacial score (nSPS) is 24.9. The van der Waals surface area contributed by atoms with Crippen molar-refractivity contribution in [1.29, 1.82) is 0 Å². The highest BCUT2D eigenvalue weighted by Gasteiger charge is 2.43. The second kappa shape index (κ2) is 6.78. The Bertz CT molecular complexity index is 767. The van der Waals surface area contributed by atoms with Crippen molar-refractivity contribution in [3.8, 4) is 5.75 Å². The second-order valence-corrected chi connectivity index (χ2v) is 7.84. The van der Waals surface area contributed by atoms with Gasteiger partial charge in [-0.05, 0) is 63.1 Å². The van der Waals surface area contributed by atoms with Gasteiger partial charge in [-0.3, -0.25) is 9.48 Å². The van der Waals surface area contributed by atoms with Gasteiger partial charge in [0, 0.05) is 24.3 Å². The number of hydrogen-bond donors (Lipinski definition) is 0. The van der Waals surface area contributed by atoms with Gasteiger partial charge in [0.2, 0.25) is 0 Å². The Morgan fingerprint density at radius 2 is 1.81 bits per heavy atom. The van der Waals surface area contributed by atoms with E-state index < -0.39 is 0 Å². The van der Waals surface area contributed by atoms with Crippen LogP contribution in [0.15, 0.2) is 36.7 Å². The van der Waals surface area contributed by atoms with Gasteiger partial charge in [-0.25, -0.2) is 0 Å². The fourth-order valence-corrected chi connectivity index (χ4v) is 4.54. The zero-order valence-corrected chi connectivity index (χ0v) is 15.8. The van der Waals surface area contributed by atoms with Crippen molar-refractivity contribution in [2.75, 3.05) is 7.11 Å². The van der Waals surface area contributed by atoms with E-state index in [4.69, 9.17) is 4.74 Å². The maximum absolute atomic E-state index is 13.1. The van der Waals surface area contributed by atoms with Crippen molar-refractivity contribution >= 4 is 5.91 Å². The molecule has 0 radical (unpaired) electrons. The molecule has 26 heavy (non-hydrogen) atoms. The van der Waals surface area contributed by atoms with E-state index in [-0.39, 0.29) is 11.9 Å². The summed E-state index contributed by atoms with van der Waals surface area (Å²) in [6.45, 7) is 4.15. The average molecular weight is 353 g/mol. The number of hydrogen-bond acceptors (Lipinski definition) is 3. The number of amides is 1. The fourth-order valence-electron chi connectivity index (χ4n) is 4.54. The highest BCUT2D eigenvalue weighted by atomic mass is 16.5. The Labute approximate surface area is 154 Å². The quantitative estimate of drug-likeness (QED) is 0.834. The molecule has 2 bridgehead atoms. The van der Waals surface area contributed by atoms with E-state index >= 15 is 0 Å². The number of carbonyl (C=O) groups excluding carboxylic acids is 1. The first-order valence-electron chi connectivity index (χ1n) is 9.57. The lowest BCUT2D eigenvalue weighted by molar-refractivity contribution is 0.0571. The number of benzene rings is 1. The highest BCUT2D eigenvalue weighted by Crippen LogP contribution is 2.43. The molecule has 2 saturated heterocycles. The third kappa shape index (κ3) is 3.00. The minimum absolute atomic E-state index is 0.151. The molecule has 2 aliphatic heterocycles. The van der Waals surface area contributed by atoms with Crippen LogP contribution in [0.3, 0.4) is 0 Å². The Morgan fingerprint density at radius 3 is 2.35 bits per heavy atom. The molecular formula is C21H27N3O2. The Kier molecular flexibility index (Phi) is 4.47. The smallest absolute Gasteiger partial charge is 0.257 e. The van der Waals surface area contributed by atoms with Crippen molar-refractivity contribution < 1.29 is 9.53 Å². The average Bonchev–Trinajstić information content (AvgIpc) is 3.24. The second-order valence-electron chi connectivity index (χ2n) is 7.84. The Balaban J connectivity index is 1.50.